The maximum absolute atomic E-state index is 13.1. The average Bonchev–Trinajstić information content (AvgIpc) is 2.72. The lowest BCUT2D eigenvalue weighted by molar-refractivity contribution is -0.136. The van der Waals surface area contributed by atoms with Crippen molar-refractivity contribution in [3.8, 4) is 11.5 Å². The topological polar surface area (TPSA) is 81.9 Å². The van der Waals surface area contributed by atoms with Gasteiger partial charge in [0.15, 0.2) is 0 Å². The summed E-state index contributed by atoms with van der Waals surface area (Å²) in [5.74, 6) is 0.928. The summed E-state index contributed by atoms with van der Waals surface area (Å²) in [5, 5.41) is 0.578. The Morgan fingerprint density at radius 3 is 2.74 bits per heavy atom. The largest absolute Gasteiger partial charge is 0.496 e. The van der Waals surface area contributed by atoms with E-state index in [1.165, 1.54) is 0 Å². The number of ether oxygens (including phenoxy) is 2. The minimum atomic E-state index is -0.529. The molecule has 166 valence electrons. The van der Waals surface area contributed by atoms with Crippen molar-refractivity contribution < 1.29 is 19.1 Å². The van der Waals surface area contributed by atoms with E-state index in [1.807, 2.05) is 42.2 Å². The third-order valence-electron chi connectivity index (χ3n) is 5.68. The van der Waals surface area contributed by atoms with Gasteiger partial charge in [-0.3, -0.25) is 9.59 Å². The molecule has 0 radical (unpaired) electrons. The zero-order valence-corrected chi connectivity index (χ0v) is 18.8. The molecule has 0 bridgehead atoms. The zero-order valence-electron chi connectivity index (χ0n) is 18.0. The molecule has 1 saturated heterocycles. The first kappa shape index (κ1) is 22.9. The number of hydrogen-bond acceptors (Lipinski definition) is 4. The molecule has 3 rings (SSSR count). The molecule has 0 spiro atoms. The Bertz CT molecular complexity index is 949. The molecule has 31 heavy (non-hydrogen) atoms. The highest BCUT2D eigenvalue weighted by molar-refractivity contribution is 6.30. The first-order valence-electron chi connectivity index (χ1n) is 10.4. The molecule has 1 aliphatic rings. The fraction of sp³-hybridized carbons (Fsp3) is 0.417. The number of carbonyl (C=O) groups excluding carboxylic acids is 2. The molecule has 1 heterocycles. The lowest BCUT2D eigenvalue weighted by Crippen LogP contribution is -2.50. The number of piperidine rings is 1. The van der Waals surface area contributed by atoms with Crippen LogP contribution in [0.25, 0.3) is 0 Å². The van der Waals surface area contributed by atoms with Gasteiger partial charge in [0, 0.05) is 35.5 Å². The molecule has 0 aliphatic carbocycles. The summed E-state index contributed by atoms with van der Waals surface area (Å²) in [7, 11) is 1.60. The van der Waals surface area contributed by atoms with Crippen LogP contribution in [0.3, 0.4) is 0 Å². The number of nitrogens with two attached hydrogens (primary N) is 1. The van der Waals surface area contributed by atoms with E-state index >= 15 is 0 Å². The van der Waals surface area contributed by atoms with Crippen molar-refractivity contribution in [2.45, 2.75) is 32.6 Å². The standard InChI is InChI=1S/C24H29ClN2O4/c1-17-7-8-21(30-2)18(11-17)12-23(29)27-10-4-9-24(15-27,14-22(26)28)16-31-20-6-3-5-19(25)13-20/h3,5-8,11,13H,4,9-10,12,14-16H2,1-2H3,(H2,26,28)/t24-/m1/s1. The van der Waals surface area contributed by atoms with Gasteiger partial charge in [-0.25, -0.2) is 0 Å². The summed E-state index contributed by atoms with van der Waals surface area (Å²) in [4.78, 5) is 26.8. The first-order valence-corrected chi connectivity index (χ1v) is 10.8. The van der Waals surface area contributed by atoms with E-state index in [2.05, 4.69) is 0 Å². The van der Waals surface area contributed by atoms with Crippen LogP contribution in [-0.4, -0.2) is 43.5 Å². The molecule has 2 aromatic carbocycles. The Labute approximate surface area is 188 Å². The number of nitrogens with zero attached hydrogens (tertiary/aromatic N) is 1. The predicted octanol–water partition coefficient (Wildman–Crippen LogP) is 3.76. The number of rotatable bonds is 8. The molecule has 2 N–H and O–H groups in total. The highest BCUT2D eigenvalue weighted by atomic mass is 35.5. The quantitative estimate of drug-likeness (QED) is 0.672. The Hall–Kier alpha value is -2.73. The molecule has 0 unspecified atom stereocenters. The van der Waals surface area contributed by atoms with E-state index in [1.54, 1.807) is 19.2 Å². The van der Waals surface area contributed by atoms with E-state index in [0.717, 1.165) is 24.0 Å². The van der Waals surface area contributed by atoms with Crippen LogP contribution in [0.15, 0.2) is 42.5 Å². The first-order chi connectivity index (χ1) is 14.8. The Balaban J connectivity index is 1.74. The molecule has 0 aromatic heterocycles. The summed E-state index contributed by atoms with van der Waals surface area (Å²) >= 11 is 6.05. The SMILES string of the molecule is COc1ccc(C)cc1CC(=O)N1CCC[C@@](COc2cccc(Cl)c2)(CC(N)=O)C1. The number of carbonyl (C=O) groups is 2. The minimum Gasteiger partial charge on any atom is -0.496 e. The highest BCUT2D eigenvalue weighted by Gasteiger charge is 2.39. The van der Waals surface area contributed by atoms with Gasteiger partial charge in [-0.2, -0.15) is 0 Å². The van der Waals surface area contributed by atoms with Crippen molar-refractivity contribution in [2.75, 3.05) is 26.8 Å². The van der Waals surface area contributed by atoms with Crippen molar-refractivity contribution in [1.29, 1.82) is 0 Å². The molecule has 0 saturated carbocycles. The van der Waals surface area contributed by atoms with Crippen LogP contribution in [-0.2, 0) is 16.0 Å². The fourth-order valence-corrected chi connectivity index (χ4v) is 4.40. The van der Waals surface area contributed by atoms with Gasteiger partial charge in [0.05, 0.1) is 20.1 Å². The second-order valence-electron chi connectivity index (χ2n) is 8.30. The van der Waals surface area contributed by atoms with Crippen LogP contribution in [0.1, 0.15) is 30.4 Å². The molecule has 6 nitrogen and oxygen atoms in total. The molecular formula is C24H29ClN2O4. The zero-order chi connectivity index (χ0) is 22.4. The third-order valence-corrected chi connectivity index (χ3v) is 5.92. The van der Waals surface area contributed by atoms with Crippen LogP contribution < -0.4 is 15.2 Å². The molecular weight excluding hydrogens is 416 g/mol. The van der Waals surface area contributed by atoms with Crippen LogP contribution in [0, 0.1) is 12.3 Å². The Kier molecular flexibility index (Phi) is 7.44. The van der Waals surface area contributed by atoms with Crippen LogP contribution in [0.5, 0.6) is 11.5 Å². The summed E-state index contributed by atoms with van der Waals surface area (Å²) < 4.78 is 11.4. The second kappa shape index (κ2) is 10.1. The lowest BCUT2D eigenvalue weighted by Gasteiger charge is -2.42. The van der Waals surface area contributed by atoms with Crippen LogP contribution in [0.2, 0.25) is 5.02 Å². The average molecular weight is 445 g/mol. The number of benzene rings is 2. The molecule has 1 atom stereocenters. The molecule has 7 heteroatoms. The maximum Gasteiger partial charge on any atom is 0.227 e. The van der Waals surface area contributed by atoms with E-state index in [9.17, 15) is 9.59 Å². The minimum absolute atomic E-state index is 0.000186. The van der Waals surface area contributed by atoms with Gasteiger partial charge < -0.3 is 20.1 Å². The van der Waals surface area contributed by atoms with Crippen molar-refractivity contribution in [3.63, 3.8) is 0 Å². The number of halogens is 1. The van der Waals surface area contributed by atoms with E-state index in [-0.39, 0.29) is 25.4 Å². The van der Waals surface area contributed by atoms with Crippen molar-refractivity contribution in [1.82, 2.24) is 4.90 Å². The Morgan fingerprint density at radius 1 is 1.23 bits per heavy atom. The number of likely N-dealkylation sites (tertiary alicyclic amines) is 1. The third kappa shape index (κ3) is 6.14. The van der Waals surface area contributed by atoms with Gasteiger partial charge in [-0.1, -0.05) is 35.4 Å². The summed E-state index contributed by atoms with van der Waals surface area (Å²) in [6, 6.07) is 12.9. The molecule has 1 aliphatic heterocycles. The fourth-order valence-electron chi connectivity index (χ4n) is 4.22. The van der Waals surface area contributed by atoms with Crippen molar-refractivity contribution in [2.24, 2.45) is 11.1 Å². The van der Waals surface area contributed by atoms with E-state index in [4.69, 9.17) is 26.8 Å². The number of hydrogen-bond donors (Lipinski definition) is 1. The molecule has 2 amide bonds. The van der Waals surface area contributed by atoms with Gasteiger partial charge in [-0.15, -0.1) is 0 Å². The maximum atomic E-state index is 13.1. The highest BCUT2D eigenvalue weighted by Crippen LogP contribution is 2.35. The number of primary amides is 1. The van der Waals surface area contributed by atoms with Gasteiger partial charge in [0.2, 0.25) is 11.8 Å². The normalized spacial score (nSPS) is 18.5. The number of methoxy groups -OCH3 is 1. The van der Waals surface area contributed by atoms with Gasteiger partial charge in [-0.05, 0) is 44.0 Å². The van der Waals surface area contributed by atoms with Crippen molar-refractivity contribution in [3.05, 3.63) is 58.6 Å². The number of aryl methyl sites for hydroxylation is 1. The monoisotopic (exact) mass is 444 g/mol. The van der Waals surface area contributed by atoms with Gasteiger partial charge >= 0.3 is 0 Å². The second-order valence-corrected chi connectivity index (χ2v) is 8.74. The smallest absolute Gasteiger partial charge is 0.227 e. The van der Waals surface area contributed by atoms with E-state index < -0.39 is 11.3 Å². The summed E-state index contributed by atoms with van der Waals surface area (Å²) in [6.45, 7) is 3.33. The molecule has 1 fully saturated rings. The Morgan fingerprint density at radius 2 is 2.03 bits per heavy atom. The van der Waals surface area contributed by atoms with Crippen molar-refractivity contribution >= 4 is 23.4 Å². The number of amides is 2. The lowest BCUT2D eigenvalue weighted by atomic mass is 9.77. The van der Waals surface area contributed by atoms with Crippen LogP contribution in [0.4, 0.5) is 0 Å². The summed E-state index contributed by atoms with van der Waals surface area (Å²) in [6.07, 6.45) is 1.94. The van der Waals surface area contributed by atoms with Crippen LogP contribution >= 0.6 is 11.6 Å². The van der Waals surface area contributed by atoms with E-state index in [0.29, 0.717) is 29.6 Å². The molecule has 2 aromatic rings. The van der Waals surface area contributed by atoms with Gasteiger partial charge in [0.1, 0.15) is 11.5 Å². The van der Waals surface area contributed by atoms with Gasteiger partial charge in [0.25, 0.3) is 0 Å². The predicted molar refractivity (Wildman–Crippen MR) is 120 cm³/mol. The summed E-state index contributed by atoms with van der Waals surface area (Å²) in [5.41, 5.74) is 6.96.